The van der Waals surface area contributed by atoms with E-state index in [9.17, 15) is 4.79 Å². The van der Waals surface area contributed by atoms with Gasteiger partial charge in [0, 0.05) is 18.1 Å². The number of aryl methyl sites for hydroxylation is 2. The summed E-state index contributed by atoms with van der Waals surface area (Å²) in [4.78, 5) is 21.0. The Bertz CT molecular complexity index is 939. The first-order chi connectivity index (χ1) is 13.1. The van der Waals surface area contributed by atoms with Crippen molar-refractivity contribution in [2.24, 2.45) is 0 Å². The molecule has 3 aromatic rings. The van der Waals surface area contributed by atoms with Gasteiger partial charge in [0.25, 0.3) is 5.91 Å². The summed E-state index contributed by atoms with van der Waals surface area (Å²) in [5, 5.41) is 6.03. The van der Waals surface area contributed by atoms with Crippen LogP contribution in [0.5, 0.6) is 5.75 Å². The van der Waals surface area contributed by atoms with Gasteiger partial charge in [0.1, 0.15) is 5.75 Å². The average molecular weight is 362 g/mol. The van der Waals surface area contributed by atoms with Crippen LogP contribution >= 0.6 is 0 Å². The molecule has 1 heterocycles. The fraction of sp³-hybridized carbons (Fsp3) is 0.190. The van der Waals surface area contributed by atoms with Gasteiger partial charge in [0.15, 0.2) is 0 Å². The number of ether oxygens (including phenoxy) is 1. The Morgan fingerprint density at radius 1 is 1.07 bits per heavy atom. The minimum Gasteiger partial charge on any atom is -0.495 e. The van der Waals surface area contributed by atoms with E-state index in [1.54, 1.807) is 7.11 Å². The summed E-state index contributed by atoms with van der Waals surface area (Å²) >= 11 is 0. The van der Waals surface area contributed by atoms with Crippen molar-refractivity contribution in [1.29, 1.82) is 0 Å². The number of methoxy groups -OCH3 is 1. The normalized spacial score (nSPS) is 10.3. The van der Waals surface area contributed by atoms with E-state index in [0.717, 1.165) is 28.9 Å². The van der Waals surface area contributed by atoms with E-state index in [-0.39, 0.29) is 5.91 Å². The molecular weight excluding hydrogens is 340 g/mol. The van der Waals surface area contributed by atoms with Crippen LogP contribution in [-0.4, -0.2) is 23.0 Å². The molecule has 1 aromatic heterocycles. The van der Waals surface area contributed by atoms with Gasteiger partial charge in [0.2, 0.25) is 5.95 Å². The lowest BCUT2D eigenvalue weighted by Crippen LogP contribution is -2.14. The third-order valence-corrected chi connectivity index (χ3v) is 4.16. The zero-order chi connectivity index (χ0) is 19.2. The predicted molar refractivity (Wildman–Crippen MR) is 107 cm³/mol. The fourth-order valence-electron chi connectivity index (χ4n) is 2.69. The zero-order valence-electron chi connectivity index (χ0n) is 15.6. The van der Waals surface area contributed by atoms with Gasteiger partial charge < -0.3 is 15.4 Å². The zero-order valence-corrected chi connectivity index (χ0v) is 15.6. The molecule has 0 aliphatic heterocycles. The first-order valence-electron chi connectivity index (χ1n) is 8.73. The third-order valence-electron chi connectivity index (χ3n) is 4.16. The maximum Gasteiger partial charge on any atom is 0.258 e. The molecule has 2 aromatic carbocycles. The number of carbonyl (C=O) groups excluding carboxylic acids is 1. The molecule has 0 unspecified atom stereocenters. The summed E-state index contributed by atoms with van der Waals surface area (Å²) in [7, 11) is 1.61. The van der Waals surface area contributed by atoms with Gasteiger partial charge in [-0.15, -0.1) is 0 Å². The van der Waals surface area contributed by atoms with Crippen molar-refractivity contribution >= 4 is 23.2 Å². The van der Waals surface area contributed by atoms with E-state index in [0.29, 0.717) is 17.3 Å². The quantitative estimate of drug-likeness (QED) is 0.682. The smallest absolute Gasteiger partial charge is 0.258 e. The number of amides is 1. The summed E-state index contributed by atoms with van der Waals surface area (Å²) in [6.45, 7) is 4.04. The Hall–Kier alpha value is -3.41. The van der Waals surface area contributed by atoms with Crippen molar-refractivity contribution in [1.82, 2.24) is 9.97 Å². The van der Waals surface area contributed by atoms with Gasteiger partial charge in [-0.1, -0.05) is 31.2 Å². The van der Waals surface area contributed by atoms with Crippen LogP contribution in [0.3, 0.4) is 0 Å². The highest BCUT2D eigenvalue weighted by Crippen LogP contribution is 2.27. The highest BCUT2D eigenvalue weighted by molar-refractivity contribution is 6.04. The molecule has 0 saturated carbocycles. The number of aromatic nitrogens is 2. The molecule has 0 radical (unpaired) electrons. The SMILES string of the molecule is CCc1ccccc1NC(=O)c1cnc(Nc2cc(C)ccc2OC)nc1. The number of anilines is 3. The molecule has 0 saturated heterocycles. The van der Waals surface area contributed by atoms with Crippen LogP contribution in [0.2, 0.25) is 0 Å². The Morgan fingerprint density at radius 2 is 1.81 bits per heavy atom. The number of carbonyl (C=O) groups is 1. The Balaban J connectivity index is 1.73. The van der Waals surface area contributed by atoms with Crippen molar-refractivity contribution < 1.29 is 9.53 Å². The monoisotopic (exact) mass is 362 g/mol. The summed E-state index contributed by atoms with van der Waals surface area (Å²) in [6.07, 6.45) is 3.84. The number of rotatable bonds is 6. The fourth-order valence-corrected chi connectivity index (χ4v) is 2.69. The number of nitrogens with one attached hydrogen (secondary N) is 2. The number of hydrogen-bond donors (Lipinski definition) is 2. The van der Waals surface area contributed by atoms with E-state index in [2.05, 4.69) is 20.6 Å². The lowest BCUT2D eigenvalue weighted by molar-refractivity contribution is 0.102. The van der Waals surface area contributed by atoms with Gasteiger partial charge >= 0.3 is 0 Å². The number of hydrogen-bond acceptors (Lipinski definition) is 5. The lowest BCUT2D eigenvalue weighted by Gasteiger charge is -2.11. The summed E-state index contributed by atoms with van der Waals surface area (Å²) < 4.78 is 5.34. The largest absolute Gasteiger partial charge is 0.495 e. The predicted octanol–water partition coefficient (Wildman–Crippen LogP) is 4.35. The molecule has 3 rings (SSSR count). The van der Waals surface area contributed by atoms with Gasteiger partial charge in [-0.05, 0) is 42.7 Å². The Kier molecular flexibility index (Phi) is 5.66. The van der Waals surface area contributed by atoms with Gasteiger partial charge in [0.05, 0.1) is 18.4 Å². The molecule has 138 valence electrons. The van der Waals surface area contributed by atoms with Crippen molar-refractivity contribution in [3.05, 3.63) is 71.5 Å². The molecule has 0 bridgehead atoms. The van der Waals surface area contributed by atoms with Crippen LogP contribution in [0.1, 0.15) is 28.4 Å². The van der Waals surface area contributed by atoms with E-state index in [1.165, 1.54) is 12.4 Å². The van der Waals surface area contributed by atoms with Crippen molar-refractivity contribution in [2.45, 2.75) is 20.3 Å². The molecule has 0 aliphatic carbocycles. The maximum atomic E-state index is 12.5. The van der Waals surface area contributed by atoms with Crippen LogP contribution in [0.4, 0.5) is 17.3 Å². The second-order valence-corrected chi connectivity index (χ2v) is 6.09. The van der Waals surface area contributed by atoms with Crippen molar-refractivity contribution in [3.63, 3.8) is 0 Å². The standard InChI is InChI=1S/C21H22N4O2/c1-4-15-7-5-6-8-17(15)24-20(26)16-12-22-21(23-13-16)25-18-11-14(2)9-10-19(18)27-3/h5-13H,4H2,1-3H3,(H,24,26)(H,22,23,25). The van der Waals surface area contributed by atoms with E-state index >= 15 is 0 Å². The molecular formula is C21H22N4O2. The summed E-state index contributed by atoms with van der Waals surface area (Å²) in [6, 6.07) is 13.5. The first-order valence-corrected chi connectivity index (χ1v) is 8.73. The Labute approximate surface area is 158 Å². The van der Waals surface area contributed by atoms with Gasteiger partial charge in [-0.3, -0.25) is 4.79 Å². The van der Waals surface area contributed by atoms with Gasteiger partial charge in [-0.2, -0.15) is 0 Å². The number of para-hydroxylation sites is 1. The molecule has 27 heavy (non-hydrogen) atoms. The minimum atomic E-state index is -0.240. The first kappa shape index (κ1) is 18.4. The van der Waals surface area contributed by atoms with Crippen LogP contribution in [0, 0.1) is 6.92 Å². The summed E-state index contributed by atoms with van der Waals surface area (Å²) in [5.41, 5.74) is 4.13. The summed E-state index contributed by atoms with van der Waals surface area (Å²) in [5.74, 6) is 0.849. The van der Waals surface area contributed by atoms with E-state index in [1.807, 2.05) is 56.3 Å². The molecule has 0 fully saturated rings. The average Bonchev–Trinajstić information content (AvgIpc) is 2.69. The molecule has 2 N–H and O–H groups in total. The molecule has 6 heteroatoms. The van der Waals surface area contributed by atoms with Crippen LogP contribution < -0.4 is 15.4 Å². The molecule has 0 atom stereocenters. The third kappa shape index (κ3) is 4.41. The van der Waals surface area contributed by atoms with Gasteiger partial charge in [-0.25, -0.2) is 9.97 Å². The van der Waals surface area contributed by atoms with E-state index < -0.39 is 0 Å². The van der Waals surface area contributed by atoms with E-state index in [4.69, 9.17) is 4.74 Å². The highest BCUT2D eigenvalue weighted by Gasteiger charge is 2.11. The molecule has 0 aliphatic rings. The highest BCUT2D eigenvalue weighted by atomic mass is 16.5. The Morgan fingerprint density at radius 3 is 2.52 bits per heavy atom. The van der Waals surface area contributed by atoms with Crippen LogP contribution in [-0.2, 0) is 6.42 Å². The second kappa shape index (κ2) is 8.31. The van der Waals surface area contributed by atoms with Crippen molar-refractivity contribution in [3.8, 4) is 5.75 Å². The topological polar surface area (TPSA) is 76.1 Å². The van der Waals surface area contributed by atoms with Crippen molar-refractivity contribution in [2.75, 3.05) is 17.7 Å². The molecule has 1 amide bonds. The van der Waals surface area contributed by atoms with Crippen LogP contribution in [0.15, 0.2) is 54.9 Å². The van der Waals surface area contributed by atoms with Crippen LogP contribution in [0.25, 0.3) is 0 Å². The lowest BCUT2D eigenvalue weighted by atomic mass is 10.1. The second-order valence-electron chi connectivity index (χ2n) is 6.09. The number of nitrogens with zero attached hydrogens (tertiary/aromatic N) is 2. The molecule has 6 nitrogen and oxygen atoms in total. The molecule has 0 spiro atoms. The maximum absolute atomic E-state index is 12.5. The minimum absolute atomic E-state index is 0.240. The number of benzene rings is 2.